The van der Waals surface area contributed by atoms with Crippen LogP contribution in [0.1, 0.15) is 83.1 Å². The fourth-order valence-electron chi connectivity index (χ4n) is 2.68. The van der Waals surface area contributed by atoms with E-state index in [2.05, 4.69) is 18.8 Å². The molecule has 0 heterocycles. The number of benzene rings is 1. The lowest BCUT2D eigenvalue weighted by molar-refractivity contribution is 0.415. The summed E-state index contributed by atoms with van der Waals surface area (Å²) in [6.07, 6.45) is 14.6. The molecule has 2 nitrogen and oxygen atoms in total. The van der Waals surface area contributed by atoms with Gasteiger partial charge in [0, 0.05) is 23.7 Å². The van der Waals surface area contributed by atoms with Crippen LogP contribution in [-0.2, 0) is 0 Å². The molecule has 0 aliphatic rings. The summed E-state index contributed by atoms with van der Waals surface area (Å²) in [5.74, 6) is 7.20. The van der Waals surface area contributed by atoms with Gasteiger partial charge in [0.1, 0.15) is 5.75 Å². The first-order chi connectivity index (χ1) is 11.3. The molecule has 1 aromatic carbocycles. The summed E-state index contributed by atoms with van der Waals surface area (Å²) in [6, 6.07) is 5.64. The number of nitrogens with two attached hydrogens (primary N) is 1. The van der Waals surface area contributed by atoms with Gasteiger partial charge in [0.15, 0.2) is 0 Å². The molecule has 0 fully saturated rings. The van der Waals surface area contributed by atoms with Crippen molar-refractivity contribution in [2.45, 2.75) is 77.6 Å². The summed E-state index contributed by atoms with van der Waals surface area (Å²) in [7, 11) is 1.65. The van der Waals surface area contributed by atoms with Crippen LogP contribution >= 0.6 is 0 Å². The molecular formula is C21H33NO. The van der Waals surface area contributed by atoms with Crippen LogP contribution in [0.15, 0.2) is 18.2 Å². The Labute approximate surface area is 142 Å². The Kier molecular flexibility index (Phi) is 10.9. The lowest BCUT2D eigenvalue weighted by atomic mass is 10.1. The Morgan fingerprint density at radius 2 is 1.48 bits per heavy atom. The van der Waals surface area contributed by atoms with Crippen LogP contribution < -0.4 is 10.5 Å². The first-order valence-corrected chi connectivity index (χ1v) is 9.19. The Bertz CT molecular complexity index is 484. The van der Waals surface area contributed by atoms with Crippen molar-refractivity contribution in [3.05, 3.63) is 23.8 Å². The van der Waals surface area contributed by atoms with Gasteiger partial charge in [-0.2, -0.15) is 0 Å². The maximum Gasteiger partial charge on any atom is 0.122 e. The number of rotatable bonds is 11. The molecular weight excluding hydrogens is 282 g/mol. The summed E-state index contributed by atoms with van der Waals surface area (Å²) >= 11 is 0. The van der Waals surface area contributed by atoms with Gasteiger partial charge in [-0.05, 0) is 18.6 Å². The minimum atomic E-state index is 0.701. The second kappa shape index (κ2) is 12.9. The lowest BCUT2D eigenvalue weighted by Gasteiger charge is -2.02. The molecule has 0 amide bonds. The molecule has 2 heteroatoms. The third kappa shape index (κ3) is 9.89. The van der Waals surface area contributed by atoms with Gasteiger partial charge < -0.3 is 10.5 Å². The van der Waals surface area contributed by atoms with Gasteiger partial charge in [0.25, 0.3) is 0 Å². The highest BCUT2D eigenvalue weighted by molar-refractivity contribution is 5.52. The zero-order valence-corrected chi connectivity index (χ0v) is 15.0. The highest BCUT2D eigenvalue weighted by atomic mass is 16.5. The van der Waals surface area contributed by atoms with E-state index in [9.17, 15) is 0 Å². The van der Waals surface area contributed by atoms with Crippen molar-refractivity contribution >= 4 is 5.69 Å². The van der Waals surface area contributed by atoms with E-state index in [0.29, 0.717) is 5.69 Å². The average Bonchev–Trinajstić information content (AvgIpc) is 2.55. The molecule has 0 saturated carbocycles. The van der Waals surface area contributed by atoms with Crippen molar-refractivity contribution in [2.75, 3.05) is 12.8 Å². The summed E-state index contributed by atoms with van der Waals surface area (Å²) in [5, 5.41) is 0. The van der Waals surface area contributed by atoms with Crippen LogP contribution in [0.4, 0.5) is 5.69 Å². The van der Waals surface area contributed by atoms with Gasteiger partial charge >= 0.3 is 0 Å². The van der Waals surface area contributed by atoms with E-state index in [1.807, 2.05) is 18.2 Å². The molecule has 2 N–H and O–H groups in total. The maximum absolute atomic E-state index is 5.82. The predicted octanol–water partition coefficient (Wildman–Crippen LogP) is 5.94. The van der Waals surface area contributed by atoms with Crippen LogP contribution in [0.2, 0.25) is 0 Å². The number of anilines is 1. The topological polar surface area (TPSA) is 35.2 Å². The van der Waals surface area contributed by atoms with E-state index in [1.165, 1.54) is 64.2 Å². The smallest absolute Gasteiger partial charge is 0.122 e. The third-order valence-corrected chi connectivity index (χ3v) is 4.05. The standard InChI is InChI=1S/C21H33NO/c1-3-4-5-6-7-8-9-10-11-12-13-14-15-19-16-20(22)18-21(17-19)23-2/h16-18H,3-13,22H2,1-2H3. The van der Waals surface area contributed by atoms with Gasteiger partial charge in [-0.1, -0.05) is 76.6 Å². The molecule has 0 aromatic heterocycles. The van der Waals surface area contributed by atoms with E-state index in [-0.39, 0.29) is 0 Å². The molecule has 0 atom stereocenters. The van der Waals surface area contributed by atoms with Crippen LogP contribution in [0, 0.1) is 11.8 Å². The molecule has 128 valence electrons. The fraction of sp³-hybridized carbons (Fsp3) is 0.619. The second-order valence-corrected chi connectivity index (χ2v) is 6.23. The van der Waals surface area contributed by atoms with Crippen molar-refractivity contribution in [1.29, 1.82) is 0 Å². The molecule has 0 radical (unpaired) electrons. The third-order valence-electron chi connectivity index (χ3n) is 4.05. The van der Waals surface area contributed by atoms with Crippen LogP contribution in [0.3, 0.4) is 0 Å². The lowest BCUT2D eigenvalue weighted by Crippen LogP contribution is -1.89. The first kappa shape index (κ1) is 19.4. The van der Waals surface area contributed by atoms with Crippen molar-refractivity contribution in [3.8, 4) is 17.6 Å². The van der Waals surface area contributed by atoms with Gasteiger partial charge in [-0.3, -0.25) is 0 Å². The minimum Gasteiger partial charge on any atom is -0.497 e. The summed E-state index contributed by atoms with van der Waals surface area (Å²) in [5.41, 5.74) is 7.46. The summed E-state index contributed by atoms with van der Waals surface area (Å²) in [4.78, 5) is 0. The quantitative estimate of drug-likeness (QED) is 0.311. The molecule has 0 unspecified atom stereocenters. The molecule has 0 spiro atoms. The van der Waals surface area contributed by atoms with Crippen LogP contribution in [0.5, 0.6) is 5.75 Å². The van der Waals surface area contributed by atoms with Gasteiger partial charge in [-0.25, -0.2) is 0 Å². The average molecular weight is 316 g/mol. The molecule has 0 saturated heterocycles. The molecule has 0 aliphatic carbocycles. The second-order valence-electron chi connectivity index (χ2n) is 6.23. The van der Waals surface area contributed by atoms with E-state index in [4.69, 9.17) is 10.5 Å². The van der Waals surface area contributed by atoms with E-state index in [1.54, 1.807) is 7.11 Å². The number of hydrogen-bond donors (Lipinski definition) is 1. The Balaban J connectivity index is 2.06. The van der Waals surface area contributed by atoms with Crippen molar-refractivity contribution in [2.24, 2.45) is 0 Å². The number of unbranched alkanes of at least 4 members (excludes halogenated alkanes) is 10. The predicted molar refractivity (Wildman–Crippen MR) is 101 cm³/mol. The van der Waals surface area contributed by atoms with Gasteiger partial charge in [0.2, 0.25) is 0 Å². The SMILES string of the molecule is CCCCCCCCCCCCC#Cc1cc(N)cc(OC)c1. The molecule has 1 rings (SSSR count). The summed E-state index contributed by atoms with van der Waals surface area (Å²) in [6.45, 7) is 2.27. The monoisotopic (exact) mass is 315 g/mol. The zero-order valence-electron chi connectivity index (χ0n) is 15.0. The van der Waals surface area contributed by atoms with E-state index < -0.39 is 0 Å². The summed E-state index contributed by atoms with van der Waals surface area (Å²) < 4.78 is 5.20. The number of hydrogen-bond acceptors (Lipinski definition) is 2. The van der Waals surface area contributed by atoms with Crippen molar-refractivity contribution in [3.63, 3.8) is 0 Å². The van der Waals surface area contributed by atoms with Crippen LogP contribution in [0.25, 0.3) is 0 Å². The first-order valence-electron chi connectivity index (χ1n) is 9.19. The molecule has 0 bridgehead atoms. The number of ether oxygens (including phenoxy) is 1. The minimum absolute atomic E-state index is 0.701. The highest BCUT2D eigenvalue weighted by Gasteiger charge is 1.96. The molecule has 0 aliphatic heterocycles. The Morgan fingerprint density at radius 1 is 0.870 bits per heavy atom. The van der Waals surface area contributed by atoms with Crippen LogP contribution in [-0.4, -0.2) is 7.11 Å². The largest absolute Gasteiger partial charge is 0.497 e. The maximum atomic E-state index is 5.82. The van der Waals surface area contributed by atoms with Crippen molar-refractivity contribution < 1.29 is 4.74 Å². The van der Waals surface area contributed by atoms with E-state index >= 15 is 0 Å². The van der Waals surface area contributed by atoms with E-state index in [0.717, 1.165) is 17.7 Å². The number of methoxy groups -OCH3 is 1. The zero-order chi connectivity index (χ0) is 16.8. The fourth-order valence-corrected chi connectivity index (χ4v) is 2.68. The molecule has 1 aromatic rings. The molecule has 23 heavy (non-hydrogen) atoms. The highest BCUT2D eigenvalue weighted by Crippen LogP contribution is 2.17. The van der Waals surface area contributed by atoms with Gasteiger partial charge in [0.05, 0.1) is 7.11 Å². The number of nitrogen functional groups attached to an aromatic ring is 1. The normalized spacial score (nSPS) is 10.2. The Morgan fingerprint density at radius 3 is 2.09 bits per heavy atom. The van der Waals surface area contributed by atoms with Gasteiger partial charge in [-0.15, -0.1) is 0 Å². The Hall–Kier alpha value is -1.62. The van der Waals surface area contributed by atoms with Crippen molar-refractivity contribution in [1.82, 2.24) is 0 Å².